The first-order chi connectivity index (χ1) is 11.2. The molecule has 1 aliphatic heterocycles. The van der Waals surface area contributed by atoms with Crippen molar-refractivity contribution in [3.63, 3.8) is 0 Å². The van der Waals surface area contributed by atoms with Crippen LogP contribution in [0, 0.1) is 0 Å². The van der Waals surface area contributed by atoms with E-state index in [4.69, 9.17) is 15.2 Å². The third kappa shape index (κ3) is 3.23. The highest BCUT2D eigenvalue weighted by molar-refractivity contribution is 5.79. The van der Waals surface area contributed by atoms with Gasteiger partial charge in [0, 0.05) is 18.7 Å². The van der Waals surface area contributed by atoms with Gasteiger partial charge < -0.3 is 20.1 Å². The number of carbonyl (C=O) groups excluding carboxylic acids is 1. The second-order valence-electron chi connectivity index (χ2n) is 5.91. The van der Waals surface area contributed by atoms with Crippen molar-refractivity contribution >= 4 is 5.91 Å². The van der Waals surface area contributed by atoms with Gasteiger partial charge in [-0.15, -0.1) is 0 Å². The smallest absolute Gasteiger partial charge is 0.249 e. The lowest BCUT2D eigenvalue weighted by Gasteiger charge is -2.35. The highest BCUT2D eigenvalue weighted by Crippen LogP contribution is 2.51. The number of nitrogens with two attached hydrogens (primary N) is 1. The van der Waals surface area contributed by atoms with E-state index in [-0.39, 0.29) is 31.2 Å². The topological polar surface area (TPSA) is 64.8 Å². The van der Waals surface area contributed by atoms with E-state index in [2.05, 4.69) is 0 Å². The van der Waals surface area contributed by atoms with Gasteiger partial charge >= 0.3 is 0 Å². The lowest BCUT2D eigenvalue weighted by atomic mass is 10.0. The van der Waals surface area contributed by atoms with Gasteiger partial charge in [-0.2, -0.15) is 0 Å². The zero-order valence-electron chi connectivity index (χ0n) is 13.0. The van der Waals surface area contributed by atoms with E-state index in [9.17, 15) is 9.18 Å². The minimum absolute atomic E-state index is 0.0507. The van der Waals surface area contributed by atoms with Crippen molar-refractivity contribution in [2.75, 3.05) is 32.9 Å². The van der Waals surface area contributed by atoms with Crippen LogP contribution < -0.4 is 10.5 Å². The van der Waals surface area contributed by atoms with Crippen LogP contribution in [0.1, 0.15) is 18.4 Å². The largest absolute Gasteiger partial charge is 0.489 e. The van der Waals surface area contributed by atoms with Gasteiger partial charge in [0.25, 0.3) is 0 Å². The number of benzene rings is 1. The molecule has 5 nitrogen and oxygen atoms in total. The van der Waals surface area contributed by atoms with Crippen molar-refractivity contribution in [2.24, 2.45) is 5.73 Å². The van der Waals surface area contributed by atoms with Gasteiger partial charge in [-0.25, -0.2) is 4.39 Å². The zero-order chi connectivity index (χ0) is 16.3. The summed E-state index contributed by atoms with van der Waals surface area (Å²) in [5.74, 6) is 0.709. The van der Waals surface area contributed by atoms with Crippen molar-refractivity contribution in [3.05, 3.63) is 41.7 Å². The van der Waals surface area contributed by atoms with Crippen molar-refractivity contribution in [1.82, 2.24) is 4.90 Å². The van der Waals surface area contributed by atoms with Crippen LogP contribution in [0.3, 0.4) is 0 Å². The number of halogens is 1. The standard InChI is InChI=1S/C17H21FN2O3/c18-9-13(10-19)11-23-15-3-1-14(2-4-15)17(5-6-17)20-7-8-22-12-16(20)21/h1-4,9H,5-8,10-12,19H2/b13-9+. The molecule has 6 heteroatoms. The predicted octanol–water partition coefficient (Wildman–Crippen LogP) is 1.73. The number of hydrogen-bond donors (Lipinski definition) is 1. The molecule has 23 heavy (non-hydrogen) atoms. The molecule has 3 rings (SSSR count). The molecule has 0 unspecified atom stereocenters. The SMILES string of the molecule is NC/C(=C\F)COc1ccc(C2(N3CCOCC3=O)CC2)cc1. The maximum absolute atomic E-state index is 12.5. The summed E-state index contributed by atoms with van der Waals surface area (Å²) in [6.45, 7) is 1.67. The lowest BCUT2D eigenvalue weighted by Crippen LogP contribution is -2.47. The Morgan fingerprint density at radius 2 is 2.13 bits per heavy atom. The van der Waals surface area contributed by atoms with Gasteiger partial charge in [-0.3, -0.25) is 4.79 Å². The lowest BCUT2D eigenvalue weighted by molar-refractivity contribution is -0.147. The molecule has 0 spiro atoms. The molecule has 1 heterocycles. The average molecular weight is 320 g/mol. The second kappa shape index (κ2) is 6.68. The first-order valence-electron chi connectivity index (χ1n) is 7.79. The van der Waals surface area contributed by atoms with Gasteiger partial charge in [0.15, 0.2) is 0 Å². The fourth-order valence-corrected chi connectivity index (χ4v) is 2.98. The van der Waals surface area contributed by atoms with Gasteiger partial charge in [-0.05, 0) is 30.5 Å². The number of morpholine rings is 1. The van der Waals surface area contributed by atoms with Crippen molar-refractivity contribution in [3.8, 4) is 5.75 Å². The normalized spacial score (nSPS) is 20.5. The molecule has 1 aliphatic carbocycles. The molecule has 2 aliphatic rings. The summed E-state index contributed by atoms with van der Waals surface area (Å²) >= 11 is 0. The number of amides is 1. The van der Waals surface area contributed by atoms with Crippen molar-refractivity contribution in [2.45, 2.75) is 18.4 Å². The molecule has 1 saturated heterocycles. The molecule has 1 aromatic carbocycles. The van der Waals surface area contributed by atoms with Gasteiger partial charge in [-0.1, -0.05) is 12.1 Å². The average Bonchev–Trinajstić information content (AvgIpc) is 3.38. The molecule has 0 bridgehead atoms. The van der Waals surface area contributed by atoms with E-state index >= 15 is 0 Å². The van der Waals surface area contributed by atoms with Crippen molar-refractivity contribution in [1.29, 1.82) is 0 Å². The Balaban J connectivity index is 1.68. The van der Waals surface area contributed by atoms with Crippen LogP contribution in [-0.4, -0.2) is 43.7 Å². The minimum atomic E-state index is -0.180. The van der Waals surface area contributed by atoms with Crippen LogP contribution in [0.4, 0.5) is 4.39 Å². The highest BCUT2D eigenvalue weighted by atomic mass is 19.1. The Labute approximate surface area is 134 Å². The molecule has 1 amide bonds. The van der Waals surface area contributed by atoms with E-state index in [0.29, 0.717) is 30.8 Å². The van der Waals surface area contributed by atoms with E-state index in [1.807, 2.05) is 29.2 Å². The molecule has 0 radical (unpaired) electrons. The number of carbonyl (C=O) groups is 1. The third-order valence-electron chi connectivity index (χ3n) is 4.46. The minimum Gasteiger partial charge on any atom is -0.489 e. The summed E-state index contributed by atoms with van der Waals surface area (Å²) in [5, 5.41) is 0. The fourth-order valence-electron chi connectivity index (χ4n) is 2.98. The number of hydrogen-bond acceptors (Lipinski definition) is 4. The third-order valence-corrected chi connectivity index (χ3v) is 4.46. The number of ether oxygens (including phenoxy) is 2. The number of rotatable bonds is 6. The Hall–Kier alpha value is -1.92. The second-order valence-corrected chi connectivity index (χ2v) is 5.91. The Morgan fingerprint density at radius 3 is 2.70 bits per heavy atom. The van der Waals surface area contributed by atoms with E-state index in [1.54, 1.807) is 0 Å². The monoisotopic (exact) mass is 320 g/mol. The van der Waals surface area contributed by atoms with Gasteiger partial charge in [0.1, 0.15) is 19.0 Å². The predicted molar refractivity (Wildman–Crippen MR) is 83.6 cm³/mol. The number of nitrogens with zero attached hydrogens (tertiary/aromatic N) is 1. The molecular formula is C17H21FN2O3. The molecule has 0 atom stereocenters. The van der Waals surface area contributed by atoms with Crippen LogP contribution >= 0.6 is 0 Å². The molecule has 2 fully saturated rings. The van der Waals surface area contributed by atoms with E-state index < -0.39 is 0 Å². The summed E-state index contributed by atoms with van der Waals surface area (Å²) in [4.78, 5) is 14.0. The van der Waals surface area contributed by atoms with Gasteiger partial charge in [0.2, 0.25) is 5.91 Å². The fraction of sp³-hybridized carbons (Fsp3) is 0.471. The first-order valence-corrected chi connectivity index (χ1v) is 7.79. The zero-order valence-corrected chi connectivity index (χ0v) is 13.0. The van der Waals surface area contributed by atoms with E-state index in [0.717, 1.165) is 18.4 Å². The highest BCUT2D eigenvalue weighted by Gasteiger charge is 2.51. The summed E-state index contributed by atoms with van der Waals surface area (Å²) in [7, 11) is 0. The van der Waals surface area contributed by atoms with Crippen LogP contribution in [0.15, 0.2) is 36.2 Å². The van der Waals surface area contributed by atoms with Crippen LogP contribution in [0.25, 0.3) is 0 Å². The van der Waals surface area contributed by atoms with Crippen LogP contribution in [-0.2, 0) is 15.1 Å². The molecule has 0 aromatic heterocycles. The van der Waals surface area contributed by atoms with Gasteiger partial charge in [0.05, 0.1) is 18.5 Å². The Morgan fingerprint density at radius 1 is 1.39 bits per heavy atom. The van der Waals surface area contributed by atoms with Crippen LogP contribution in [0.2, 0.25) is 0 Å². The maximum atomic E-state index is 12.5. The maximum Gasteiger partial charge on any atom is 0.249 e. The molecular weight excluding hydrogens is 299 g/mol. The molecule has 124 valence electrons. The quantitative estimate of drug-likeness (QED) is 0.867. The first kappa shape index (κ1) is 16.0. The summed E-state index contributed by atoms with van der Waals surface area (Å²) in [6, 6.07) is 7.66. The summed E-state index contributed by atoms with van der Waals surface area (Å²) < 4.78 is 23.2. The summed E-state index contributed by atoms with van der Waals surface area (Å²) in [5.41, 5.74) is 6.74. The van der Waals surface area contributed by atoms with E-state index in [1.165, 1.54) is 0 Å². The summed E-state index contributed by atoms with van der Waals surface area (Å²) in [6.07, 6.45) is 2.43. The molecule has 2 N–H and O–H groups in total. The van der Waals surface area contributed by atoms with Crippen LogP contribution in [0.5, 0.6) is 5.75 Å². The molecule has 1 saturated carbocycles. The molecule has 1 aromatic rings. The Kier molecular flexibility index (Phi) is 4.63. The Bertz CT molecular complexity index is 596. The van der Waals surface area contributed by atoms with Crippen molar-refractivity contribution < 1.29 is 18.7 Å².